The van der Waals surface area contributed by atoms with E-state index in [1.54, 1.807) is 6.07 Å². The molecule has 6 nitrogen and oxygen atoms in total. The van der Waals surface area contributed by atoms with Crippen molar-refractivity contribution in [3.05, 3.63) is 35.1 Å². The summed E-state index contributed by atoms with van der Waals surface area (Å²) in [5.41, 5.74) is 0. The molecule has 1 N–H and O–H groups in total. The van der Waals surface area contributed by atoms with Gasteiger partial charge in [0.15, 0.2) is 11.0 Å². The maximum absolute atomic E-state index is 12.3. The zero-order valence-corrected chi connectivity index (χ0v) is 18.1. The van der Waals surface area contributed by atoms with E-state index in [-0.39, 0.29) is 23.8 Å². The molecule has 2 aromatic rings. The zero-order chi connectivity index (χ0) is 20.1. The van der Waals surface area contributed by atoms with Crippen molar-refractivity contribution < 1.29 is 9.53 Å². The van der Waals surface area contributed by atoms with E-state index >= 15 is 0 Å². The lowest BCUT2D eigenvalue weighted by molar-refractivity contribution is -0.120. The number of thioether (sulfide) groups is 1. The lowest BCUT2D eigenvalue weighted by Gasteiger charge is -2.20. The Labute approximate surface area is 175 Å². The minimum Gasteiger partial charge on any atom is -0.484 e. The lowest BCUT2D eigenvalue weighted by atomic mass is 10.2. The van der Waals surface area contributed by atoms with Gasteiger partial charge in [0.25, 0.3) is 0 Å². The van der Waals surface area contributed by atoms with E-state index in [9.17, 15) is 4.79 Å². The third-order valence-corrected chi connectivity index (χ3v) is 6.18. The average Bonchev–Trinajstić information content (AvgIpc) is 3.42. The molecule has 1 amide bonds. The molecular formula is C20H27ClN4O2S. The minimum absolute atomic E-state index is 0.0560. The van der Waals surface area contributed by atoms with Crippen molar-refractivity contribution in [2.75, 3.05) is 0 Å². The minimum atomic E-state index is -0.227. The van der Waals surface area contributed by atoms with Crippen LogP contribution in [0.3, 0.4) is 0 Å². The first-order chi connectivity index (χ1) is 13.5. The molecule has 0 saturated heterocycles. The lowest BCUT2D eigenvalue weighted by Crippen LogP contribution is -2.32. The Hall–Kier alpha value is -1.73. The highest BCUT2D eigenvalue weighted by Gasteiger charge is 2.28. The largest absolute Gasteiger partial charge is 0.484 e. The second-order valence-corrected chi connectivity index (χ2v) is 8.72. The SMILES string of the molecule is CCC(CC)n1c(COc2ccccc2Cl)nnc1SC(C)C(=O)NC1CC1. The van der Waals surface area contributed by atoms with Gasteiger partial charge in [-0.25, -0.2) is 0 Å². The zero-order valence-electron chi connectivity index (χ0n) is 16.5. The Morgan fingerprint density at radius 3 is 2.68 bits per heavy atom. The first kappa shape index (κ1) is 21.0. The summed E-state index contributed by atoms with van der Waals surface area (Å²) in [7, 11) is 0. The number of benzene rings is 1. The number of amides is 1. The van der Waals surface area contributed by atoms with Crippen LogP contribution in [-0.2, 0) is 11.4 Å². The summed E-state index contributed by atoms with van der Waals surface area (Å²) >= 11 is 7.63. The number of hydrogen-bond donors (Lipinski definition) is 1. The van der Waals surface area contributed by atoms with Gasteiger partial charge in [-0.15, -0.1) is 10.2 Å². The van der Waals surface area contributed by atoms with Crippen LogP contribution in [0.25, 0.3) is 0 Å². The van der Waals surface area contributed by atoms with Gasteiger partial charge in [-0.05, 0) is 44.7 Å². The summed E-state index contributed by atoms with van der Waals surface area (Å²) in [5, 5.41) is 12.9. The van der Waals surface area contributed by atoms with E-state index in [4.69, 9.17) is 16.3 Å². The van der Waals surface area contributed by atoms with E-state index < -0.39 is 0 Å². The van der Waals surface area contributed by atoms with Crippen molar-refractivity contribution in [2.24, 2.45) is 0 Å². The number of carbonyl (C=O) groups excluding carboxylic acids is 1. The Morgan fingerprint density at radius 2 is 2.04 bits per heavy atom. The summed E-state index contributed by atoms with van der Waals surface area (Å²) in [6.07, 6.45) is 4.06. The molecule has 1 aliphatic carbocycles. The van der Waals surface area contributed by atoms with Crippen LogP contribution >= 0.6 is 23.4 Å². The van der Waals surface area contributed by atoms with Gasteiger partial charge >= 0.3 is 0 Å². The van der Waals surface area contributed by atoms with Gasteiger partial charge in [-0.3, -0.25) is 4.79 Å². The fourth-order valence-corrected chi connectivity index (χ4v) is 4.11. The Morgan fingerprint density at radius 1 is 1.32 bits per heavy atom. The number of nitrogens with one attached hydrogen (secondary N) is 1. The predicted octanol–water partition coefficient (Wildman–Crippen LogP) is 4.63. The summed E-state index contributed by atoms with van der Waals surface area (Å²) in [6.45, 7) is 6.47. The molecule has 1 aromatic carbocycles. The van der Waals surface area contributed by atoms with Crippen LogP contribution in [0.15, 0.2) is 29.4 Å². The van der Waals surface area contributed by atoms with Gasteiger partial charge in [-0.1, -0.05) is 49.3 Å². The maximum atomic E-state index is 12.3. The number of rotatable bonds is 10. The average molecular weight is 423 g/mol. The second kappa shape index (κ2) is 9.65. The molecule has 1 aliphatic rings. The molecule has 0 bridgehead atoms. The number of para-hydroxylation sites is 1. The van der Waals surface area contributed by atoms with E-state index in [0.717, 1.165) is 36.7 Å². The van der Waals surface area contributed by atoms with Gasteiger partial charge in [0, 0.05) is 12.1 Å². The van der Waals surface area contributed by atoms with Gasteiger partial charge in [-0.2, -0.15) is 0 Å². The molecule has 1 heterocycles. The van der Waals surface area contributed by atoms with Crippen molar-refractivity contribution in [3.63, 3.8) is 0 Å². The maximum Gasteiger partial charge on any atom is 0.233 e. The van der Waals surface area contributed by atoms with Crippen molar-refractivity contribution >= 4 is 29.3 Å². The Bertz CT molecular complexity index is 805. The van der Waals surface area contributed by atoms with Gasteiger partial charge in [0.2, 0.25) is 5.91 Å². The van der Waals surface area contributed by atoms with Crippen LogP contribution in [0, 0.1) is 0 Å². The van der Waals surface area contributed by atoms with Crippen LogP contribution in [-0.4, -0.2) is 32.0 Å². The molecule has 1 saturated carbocycles. The smallest absolute Gasteiger partial charge is 0.233 e. The quantitative estimate of drug-likeness (QED) is 0.565. The highest BCUT2D eigenvalue weighted by Crippen LogP contribution is 2.30. The first-order valence-corrected chi connectivity index (χ1v) is 11.1. The molecule has 3 rings (SSSR count). The summed E-state index contributed by atoms with van der Waals surface area (Å²) in [6, 6.07) is 7.98. The predicted molar refractivity (Wildman–Crippen MR) is 112 cm³/mol. The molecule has 152 valence electrons. The van der Waals surface area contributed by atoms with Crippen LogP contribution in [0.4, 0.5) is 0 Å². The fraction of sp³-hybridized carbons (Fsp3) is 0.550. The van der Waals surface area contributed by atoms with E-state index in [2.05, 4.69) is 33.9 Å². The molecule has 1 aromatic heterocycles. The standard InChI is InChI=1S/C20H27ClN4O2S/c1-4-15(5-2)25-18(12-27-17-9-7-6-8-16(17)21)23-24-20(25)28-13(3)19(26)22-14-10-11-14/h6-9,13-15H,4-5,10-12H2,1-3H3,(H,22,26). The van der Waals surface area contributed by atoms with Crippen LogP contribution in [0.1, 0.15) is 58.3 Å². The fourth-order valence-electron chi connectivity index (χ4n) is 2.97. The number of carbonyl (C=O) groups is 1. The number of nitrogens with zero attached hydrogens (tertiary/aromatic N) is 3. The van der Waals surface area contributed by atoms with Gasteiger partial charge < -0.3 is 14.6 Å². The number of ether oxygens (including phenoxy) is 1. The molecule has 0 aliphatic heterocycles. The van der Waals surface area contributed by atoms with Crippen molar-refractivity contribution in [2.45, 2.75) is 75.6 Å². The first-order valence-electron chi connectivity index (χ1n) is 9.81. The normalized spacial score (nSPS) is 14.9. The van der Waals surface area contributed by atoms with Crippen molar-refractivity contribution in [3.8, 4) is 5.75 Å². The molecular weight excluding hydrogens is 396 g/mol. The molecule has 1 atom stereocenters. The molecule has 0 spiro atoms. The van der Waals surface area contributed by atoms with Gasteiger partial charge in [0.05, 0.1) is 10.3 Å². The summed E-state index contributed by atoms with van der Waals surface area (Å²) in [4.78, 5) is 12.3. The van der Waals surface area contributed by atoms with E-state index in [1.807, 2.05) is 25.1 Å². The van der Waals surface area contributed by atoms with Crippen molar-refractivity contribution in [1.82, 2.24) is 20.1 Å². The van der Waals surface area contributed by atoms with Crippen LogP contribution < -0.4 is 10.1 Å². The molecule has 8 heteroatoms. The van der Waals surface area contributed by atoms with Crippen LogP contribution in [0.5, 0.6) is 5.75 Å². The van der Waals surface area contributed by atoms with E-state index in [0.29, 0.717) is 16.8 Å². The molecule has 1 unspecified atom stereocenters. The highest BCUT2D eigenvalue weighted by molar-refractivity contribution is 8.00. The summed E-state index contributed by atoms with van der Waals surface area (Å²) in [5.74, 6) is 1.42. The summed E-state index contributed by atoms with van der Waals surface area (Å²) < 4.78 is 8.00. The van der Waals surface area contributed by atoms with Crippen molar-refractivity contribution in [1.29, 1.82) is 0 Å². The topological polar surface area (TPSA) is 69.0 Å². The third-order valence-electron chi connectivity index (χ3n) is 4.81. The number of aromatic nitrogens is 3. The Balaban J connectivity index is 1.76. The monoisotopic (exact) mass is 422 g/mol. The molecule has 1 fully saturated rings. The van der Waals surface area contributed by atoms with E-state index in [1.165, 1.54) is 11.8 Å². The molecule has 28 heavy (non-hydrogen) atoms. The highest BCUT2D eigenvalue weighted by atomic mass is 35.5. The Kier molecular flexibility index (Phi) is 7.24. The second-order valence-electron chi connectivity index (χ2n) is 7.00. The third kappa shape index (κ3) is 5.20. The van der Waals surface area contributed by atoms with Gasteiger partial charge in [0.1, 0.15) is 12.4 Å². The molecule has 0 radical (unpaired) electrons. The number of hydrogen-bond acceptors (Lipinski definition) is 5. The van der Waals surface area contributed by atoms with Crippen LogP contribution in [0.2, 0.25) is 5.02 Å². The number of halogens is 1.